The first-order valence-corrected chi connectivity index (χ1v) is 21.3. The Morgan fingerprint density at radius 3 is 2.42 bits per heavy atom. The van der Waals surface area contributed by atoms with E-state index in [-0.39, 0.29) is 35.2 Å². The molecule has 7 atom stereocenters. The van der Waals surface area contributed by atoms with E-state index in [1.165, 1.54) is 5.57 Å². The van der Waals surface area contributed by atoms with E-state index in [1.54, 1.807) is 14.2 Å². The SMILES string of the molecule is CO/N=C\[C@]12C[C@H](O[Si](C)(C)C)[C@H]3[C@@H](CCC4=C/C(=N\OC)CC[C@@]43C)[C@@H]1CC[C@H]2C(=O)CO[Si](C)(C)C. The molecule has 0 aromatic heterocycles. The first-order valence-electron chi connectivity index (χ1n) is 14.5. The largest absolute Gasteiger partial charge is 0.414 e. The van der Waals surface area contributed by atoms with E-state index in [0.29, 0.717) is 17.8 Å². The zero-order chi connectivity index (χ0) is 27.9. The number of carbonyl (C=O) groups excluding carboxylic acids is 1. The van der Waals surface area contributed by atoms with Crippen LogP contribution in [0, 0.1) is 34.5 Å². The van der Waals surface area contributed by atoms with Crippen LogP contribution in [0.1, 0.15) is 51.9 Å². The lowest BCUT2D eigenvalue weighted by Gasteiger charge is -2.61. The van der Waals surface area contributed by atoms with Gasteiger partial charge in [0.05, 0.1) is 18.5 Å². The van der Waals surface area contributed by atoms with Gasteiger partial charge >= 0.3 is 0 Å². The van der Waals surface area contributed by atoms with Gasteiger partial charge in [0.2, 0.25) is 0 Å². The van der Waals surface area contributed by atoms with Crippen molar-refractivity contribution in [3.8, 4) is 0 Å². The van der Waals surface area contributed by atoms with Gasteiger partial charge in [0.15, 0.2) is 22.4 Å². The van der Waals surface area contributed by atoms with Crippen molar-refractivity contribution in [3.63, 3.8) is 0 Å². The molecule has 0 spiro atoms. The van der Waals surface area contributed by atoms with Crippen LogP contribution in [0.15, 0.2) is 22.0 Å². The number of hydrogen-bond donors (Lipinski definition) is 0. The Morgan fingerprint density at radius 2 is 1.79 bits per heavy atom. The zero-order valence-corrected chi connectivity index (χ0v) is 27.1. The molecule has 0 bridgehead atoms. The van der Waals surface area contributed by atoms with Crippen LogP contribution in [-0.4, -0.2) is 61.3 Å². The molecule has 214 valence electrons. The molecular formula is C29H50N2O5Si2. The Morgan fingerprint density at radius 1 is 1.05 bits per heavy atom. The highest BCUT2D eigenvalue weighted by Gasteiger charge is 2.65. The zero-order valence-electron chi connectivity index (χ0n) is 25.1. The summed E-state index contributed by atoms with van der Waals surface area (Å²) in [7, 11) is -0.450. The van der Waals surface area contributed by atoms with E-state index in [4.69, 9.17) is 18.5 Å². The molecule has 0 N–H and O–H groups in total. The van der Waals surface area contributed by atoms with Gasteiger partial charge in [-0.05, 0) is 113 Å². The van der Waals surface area contributed by atoms with E-state index in [9.17, 15) is 4.79 Å². The molecule has 38 heavy (non-hydrogen) atoms. The summed E-state index contributed by atoms with van der Waals surface area (Å²) < 4.78 is 13.2. The monoisotopic (exact) mass is 562 g/mol. The second-order valence-corrected chi connectivity index (χ2v) is 23.2. The fourth-order valence-electron chi connectivity index (χ4n) is 8.36. The topological polar surface area (TPSA) is 78.7 Å². The lowest BCUT2D eigenvalue weighted by Crippen LogP contribution is -2.60. The Bertz CT molecular complexity index is 984. The van der Waals surface area contributed by atoms with Crippen LogP contribution in [0.5, 0.6) is 0 Å². The summed E-state index contributed by atoms with van der Waals surface area (Å²) in [6.07, 6.45) is 11.3. The first-order chi connectivity index (χ1) is 17.7. The third kappa shape index (κ3) is 5.76. The number of nitrogens with zero attached hydrogens (tertiary/aromatic N) is 2. The summed E-state index contributed by atoms with van der Waals surface area (Å²) in [6.45, 7) is 16.0. The molecule has 9 heteroatoms. The van der Waals surface area contributed by atoms with Gasteiger partial charge in [-0.2, -0.15) is 0 Å². The molecule has 4 aliphatic carbocycles. The first kappa shape index (κ1) is 29.7. The van der Waals surface area contributed by atoms with Crippen LogP contribution in [0.3, 0.4) is 0 Å². The molecule has 0 saturated heterocycles. The fraction of sp³-hybridized carbons (Fsp3) is 0.828. The van der Waals surface area contributed by atoms with Crippen molar-refractivity contribution in [1.82, 2.24) is 0 Å². The molecule has 0 heterocycles. The van der Waals surface area contributed by atoms with Crippen molar-refractivity contribution >= 4 is 34.3 Å². The second-order valence-electron chi connectivity index (χ2n) is 14.2. The predicted octanol–water partition coefficient (Wildman–Crippen LogP) is 6.43. The molecule has 3 saturated carbocycles. The third-order valence-corrected chi connectivity index (χ3v) is 11.7. The Labute approximate surface area is 232 Å². The van der Waals surface area contributed by atoms with Crippen LogP contribution in [-0.2, 0) is 23.3 Å². The Hall–Kier alpha value is -1.30. The molecular weight excluding hydrogens is 513 g/mol. The molecule has 0 aromatic carbocycles. The van der Waals surface area contributed by atoms with Gasteiger partial charge in [-0.15, -0.1) is 0 Å². The highest BCUT2D eigenvalue weighted by Crippen LogP contribution is 2.67. The van der Waals surface area contributed by atoms with Crippen molar-refractivity contribution in [1.29, 1.82) is 0 Å². The predicted molar refractivity (Wildman–Crippen MR) is 157 cm³/mol. The normalized spacial score (nSPS) is 38.4. The van der Waals surface area contributed by atoms with E-state index in [2.05, 4.69) is 62.6 Å². The minimum Gasteiger partial charge on any atom is -0.414 e. The molecule has 7 nitrogen and oxygen atoms in total. The van der Waals surface area contributed by atoms with Gasteiger partial charge in [-0.1, -0.05) is 22.8 Å². The highest BCUT2D eigenvalue weighted by atomic mass is 28.4. The summed E-state index contributed by atoms with van der Waals surface area (Å²) >= 11 is 0. The second kappa shape index (κ2) is 10.9. The maximum Gasteiger partial charge on any atom is 0.184 e. The lowest BCUT2D eigenvalue weighted by atomic mass is 9.45. The number of Topliss-reactive ketones (excluding diaryl/α,β-unsaturated/α-hetero) is 1. The van der Waals surface area contributed by atoms with Crippen LogP contribution in [0.25, 0.3) is 0 Å². The molecule has 0 amide bonds. The fourth-order valence-corrected chi connectivity index (χ4v) is 10.1. The van der Waals surface area contributed by atoms with Crippen molar-refractivity contribution in [2.45, 2.75) is 97.3 Å². The van der Waals surface area contributed by atoms with Crippen LogP contribution >= 0.6 is 0 Å². The summed E-state index contributed by atoms with van der Waals surface area (Å²) in [6, 6.07) is 0. The van der Waals surface area contributed by atoms with E-state index < -0.39 is 16.6 Å². The standard InChI is InChI=1S/C29H50N2O5Si2/c1-28-15-14-21(31-34-3)16-20(28)10-11-22-23-12-13-24(25(32)18-35-37(4,5)6)29(23,19-30-33-2)17-26(27(22)28)36-38(7,8)9/h16,19,22-24,26-27H,10-15,17-18H2,1-9H3/b30-19-,31-21-/t22-,23-,24-,26-,27+,28-,29+/m0/s1. The molecule has 3 fully saturated rings. The van der Waals surface area contributed by atoms with Gasteiger partial charge in [0.25, 0.3) is 0 Å². The van der Waals surface area contributed by atoms with E-state index >= 15 is 0 Å². The number of rotatable bonds is 9. The summed E-state index contributed by atoms with van der Waals surface area (Å²) in [5.41, 5.74) is 2.26. The number of allylic oxidation sites excluding steroid dienone is 2. The maximum atomic E-state index is 13.8. The number of carbonyl (C=O) groups is 1. The number of hydrogen-bond acceptors (Lipinski definition) is 7. The molecule has 0 aliphatic heterocycles. The van der Waals surface area contributed by atoms with E-state index in [1.807, 2.05) is 6.21 Å². The van der Waals surface area contributed by atoms with Gasteiger partial charge < -0.3 is 18.5 Å². The van der Waals surface area contributed by atoms with Gasteiger partial charge in [0, 0.05) is 17.4 Å². The quantitative estimate of drug-likeness (QED) is 0.184. The van der Waals surface area contributed by atoms with Crippen LogP contribution in [0.4, 0.5) is 0 Å². The van der Waals surface area contributed by atoms with E-state index in [0.717, 1.165) is 50.7 Å². The highest BCUT2D eigenvalue weighted by molar-refractivity contribution is 6.70. The summed E-state index contributed by atoms with van der Waals surface area (Å²) in [5, 5.41) is 8.66. The van der Waals surface area contributed by atoms with Crippen molar-refractivity contribution < 1.29 is 23.3 Å². The smallest absolute Gasteiger partial charge is 0.184 e. The van der Waals surface area contributed by atoms with Gasteiger partial charge in [-0.3, -0.25) is 4.79 Å². The third-order valence-electron chi connectivity index (χ3n) is 9.64. The average Bonchev–Trinajstić information content (AvgIpc) is 3.19. The molecule has 0 radical (unpaired) electrons. The summed E-state index contributed by atoms with van der Waals surface area (Å²) in [5.74, 6) is 1.41. The Kier molecular flexibility index (Phi) is 8.54. The van der Waals surface area contributed by atoms with Crippen LogP contribution < -0.4 is 0 Å². The average molecular weight is 563 g/mol. The maximum absolute atomic E-state index is 13.8. The van der Waals surface area contributed by atoms with Crippen molar-refractivity contribution in [3.05, 3.63) is 11.6 Å². The van der Waals surface area contributed by atoms with Gasteiger partial charge in [-0.25, -0.2) is 0 Å². The lowest BCUT2D eigenvalue weighted by molar-refractivity contribution is -0.134. The number of oxime groups is 2. The Balaban J connectivity index is 1.76. The molecule has 0 unspecified atom stereocenters. The van der Waals surface area contributed by atoms with Gasteiger partial charge in [0.1, 0.15) is 14.2 Å². The molecule has 4 aliphatic rings. The minimum atomic E-state index is -1.88. The van der Waals surface area contributed by atoms with Crippen molar-refractivity contribution in [2.24, 2.45) is 44.8 Å². The number of fused-ring (bicyclic) bond motifs is 5. The van der Waals surface area contributed by atoms with Crippen molar-refractivity contribution in [2.75, 3.05) is 20.8 Å². The van der Waals surface area contributed by atoms with Crippen LogP contribution in [0.2, 0.25) is 39.3 Å². The molecule has 4 rings (SSSR count). The molecule has 0 aromatic rings. The number of ketones is 1. The minimum absolute atomic E-state index is 0.0631. The summed E-state index contributed by atoms with van der Waals surface area (Å²) in [4.78, 5) is 24.2.